The summed E-state index contributed by atoms with van der Waals surface area (Å²) in [5, 5.41) is 0. The van der Waals surface area contributed by atoms with Crippen molar-refractivity contribution in [2.45, 2.75) is 35.6 Å². The zero-order chi connectivity index (χ0) is 21.8. The second-order valence-electron chi connectivity index (χ2n) is 8.52. The Morgan fingerprint density at radius 1 is 1.00 bits per heavy atom. The third-order valence-electron chi connectivity index (χ3n) is 7.11. The van der Waals surface area contributed by atoms with Crippen LogP contribution in [-0.2, 0) is 26.1 Å². The first-order chi connectivity index (χ1) is 14.9. The molecule has 0 radical (unpaired) electrons. The van der Waals surface area contributed by atoms with Crippen molar-refractivity contribution in [1.82, 2.24) is 4.90 Å². The molecule has 1 unspecified atom stereocenters. The van der Waals surface area contributed by atoms with Crippen LogP contribution in [0.1, 0.15) is 24.8 Å². The van der Waals surface area contributed by atoms with E-state index in [9.17, 15) is 18.4 Å². The maximum Gasteiger partial charge on any atom is 0.244 e. The van der Waals surface area contributed by atoms with Crippen LogP contribution in [0.3, 0.4) is 0 Å². The lowest BCUT2D eigenvalue weighted by atomic mass is 9.73. The van der Waals surface area contributed by atoms with Gasteiger partial charge < -0.3 is 14.4 Å². The van der Waals surface area contributed by atoms with E-state index in [1.54, 1.807) is 21.9 Å². The summed E-state index contributed by atoms with van der Waals surface area (Å²) in [7, 11) is 1.84. The fraction of sp³-hybridized carbons (Fsp3) is 0.391. The normalized spacial score (nSPS) is 24.1. The molecule has 0 aromatic heterocycles. The van der Waals surface area contributed by atoms with E-state index in [1.165, 1.54) is 12.1 Å². The molecule has 0 aliphatic carbocycles. The van der Waals surface area contributed by atoms with Gasteiger partial charge >= 0.3 is 0 Å². The van der Waals surface area contributed by atoms with E-state index in [1.807, 2.05) is 25.2 Å². The van der Waals surface area contributed by atoms with Crippen molar-refractivity contribution < 1.29 is 18.4 Å². The second-order valence-corrected chi connectivity index (χ2v) is 9.46. The highest BCUT2D eigenvalue weighted by Crippen LogP contribution is 2.47. The molecule has 2 fully saturated rings. The van der Waals surface area contributed by atoms with Gasteiger partial charge in [0, 0.05) is 43.0 Å². The van der Waals surface area contributed by atoms with Crippen molar-refractivity contribution in [3.05, 3.63) is 54.1 Å². The van der Waals surface area contributed by atoms with Crippen LogP contribution in [0.5, 0.6) is 0 Å². The van der Waals surface area contributed by atoms with E-state index in [4.69, 9.17) is 0 Å². The van der Waals surface area contributed by atoms with Crippen LogP contribution in [-0.4, -0.2) is 58.2 Å². The van der Waals surface area contributed by atoms with Crippen LogP contribution in [0.15, 0.2) is 53.4 Å². The molecule has 0 saturated carbocycles. The summed E-state index contributed by atoms with van der Waals surface area (Å²) in [5.41, 5.74) is 2.34. The van der Waals surface area contributed by atoms with E-state index < -0.39 is 16.5 Å². The van der Waals surface area contributed by atoms with Gasteiger partial charge in [-0.1, -0.05) is 18.2 Å². The molecule has 8 heteroatoms. The van der Waals surface area contributed by atoms with Gasteiger partial charge in [-0.2, -0.15) is 0 Å². The Hall–Kier alpha value is -2.55. The van der Waals surface area contributed by atoms with Gasteiger partial charge in [0.05, 0.1) is 11.5 Å². The van der Waals surface area contributed by atoms with Gasteiger partial charge in [-0.25, -0.2) is 0 Å². The smallest absolute Gasteiger partial charge is 0.244 e. The number of para-hydroxylation sites is 1. The van der Waals surface area contributed by atoms with Crippen LogP contribution < -0.4 is 9.80 Å². The van der Waals surface area contributed by atoms with E-state index in [0.29, 0.717) is 32.5 Å². The SMILES string of the molecule is CN1C(=O)C2(CCN([C@H]3CCN(c4ccc(S(=O)[O-])cc4)C3=O)CC2)c2ccccc21. The largest absolute Gasteiger partial charge is 0.768 e. The molecule has 2 amide bonds. The molecule has 2 atom stereocenters. The Labute approximate surface area is 183 Å². The Bertz CT molecular complexity index is 1060. The molecule has 2 saturated heterocycles. The summed E-state index contributed by atoms with van der Waals surface area (Å²) >= 11 is -2.28. The predicted octanol–water partition coefficient (Wildman–Crippen LogP) is 2.04. The minimum Gasteiger partial charge on any atom is -0.768 e. The minimum absolute atomic E-state index is 0.0437. The maximum atomic E-state index is 13.1. The Kier molecular flexibility index (Phi) is 4.96. The molecular formula is C23H24N3O4S-. The van der Waals surface area contributed by atoms with Crippen molar-refractivity contribution in [2.75, 3.05) is 36.5 Å². The van der Waals surface area contributed by atoms with Crippen molar-refractivity contribution in [2.24, 2.45) is 0 Å². The molecule has 2 aromatic carbocycles. The van der Waals surface area contributed by atoms with Gasteiger partial charge in [0.1, 0.15) is 0 Å². The number of likely N-dealkylation sites (N-methyl/N-ethyl adjacent to an activating group) is 1. The zero-order valence-corrected chi connectivity index (χ0v) is 18.1. The van der Waals surface area contributed by atoms with E-state index in [-0.39, 0.29) is 22.8 Å². The van der Waals surface area contributed by atoms with Gasteiger partial charge in [0.15, 0.2) is 0 Å². The molecule has 3 aliphatic heterocycles. The fourth-order valence-corrected chi connectivity index (χ4v) is 5.77. The molecular weight excluding hydrogens is 414 g/mol. The zero-order valence-electron chi connectivity index (χ0n) is 17.3. The third kappa shape index (κ3) is 3.12. The Balaban J connectivity index is 1.30. The van der Waals surface area contributed by atoms with Gasteiger partial charge in [0.25, 0.3) is 0 Å². The summed E-state index contributed by atoms with van der Waals surface area (Å²) in [5.74, 6) is 0.200. The van der Waals surface area contributed by atoms with Crippen molar-refractivity contribution in [1.29, 1.82) is 0 Å². The minimum atomic E-state index is -2.28. The van der Waals surface area contributed by atoms with Crippen molar-refractivity contribution >= 4 is 34.3 Å². The first kappa shape index (κ1) is 20.4. The summed E-state index contributed by atoms with van der Waals surface area (Å²) in [6, 6.07) is 14.2. The van der Waals surface area contributed by atoms with E-state index in [2.05, 4.69) is 11.0 Å². The topological polar surface area (TPSA) is 84.0 Å². The summed E-state index contributed by atoms with van der Waals surface area (Å²) in [6.45, 7) is 2.01. The molecule has 3 aliphatic rings. The number of rotatable bonds is 3. The molecule has 3 heterocycles. The highest BCUT2D eigenvalue weighted by atomic mass is 32.2. The van der Waals surface area contributed by atoms with Crippen LogP contribution in [0.2, 0.25) is 0 Å². The first-order valence-electron chi connectivity index (χ1n) is 10.5. The Morgan fingerprint density at radius 3 is 2.35 bits per heavy atom. The lowest BCUT2D eigenvalue weighted by Gasteiger charge is -2.40. The quantitative estimate of drug-likeness (QED) is 0.685. The predicted molar refractivity (Wildman–Crippen MR) is 117 cm³/mol. The number of nitrogens with zero attached hydrogens (tertiary/aromatic N) is 3. The number of fused-ring (bicyclic) bond motifs is 2. The van der Waals surface area contributed by atoms with Gasteiger partial charge in [-0.05, 0) is 66.2 Å². The Morgan fingerprint density at radius 2 is 1.68 bits per heavy atom. The maximum absolute atomic E-state index is 13.1. The third-order valence-corrected chi connectivity index (χ3v) is 7.76. The molecule has 2 aromatic rings. The number of hydrogen-bond donors (Lipinski definition) is 0. The van der Waals surface area contributed by atoms with Gasteiger partial charge in [-0.15, -0.1) is 0 Å². The molecule has 162 valence electrons. The average Bonchev–Trinajstić information content (AvgIpc) is 3.27. The monoisotopic (exact) mass is 438 g/mol. The first-order valence-corrected chi connectivity index (χ1v) is 11.6. The van der Waals surface area contributed by atoms with Crippen molar-refractivity contribution in [3.8, 4) is 0 Å². The van der Waals surface area contributed by atoms with E-state index in [0.717, 1.165) is 23.4 Å². The summed E-state index contributed by atoms with van der Waals surface area (Å²) < 4.78 is 22.1. The summed E-state index contributed by atoms with van der Waals surface area (Å²) in [6.07, 6.45) is 2.15. The molecule has 5 rings (SSSR count). The number of likely N-dealkylation sites (tertiary alicyclic amines) is 1. The lowest BCUT2D eigenvalue weighted by molar-refractivity contribution is -0.126. The molecule has 0 N–H and O–H groups in total. The number of carbonyl (C=O) groups is 2. The number of carbonyl (C=O) groups excluding carboxylic acids is 2. The summed E-state index contributed by atoms with van der Waals surface area (Å²) in [4.78, 5) is 32.2. The number of anilines is 2. The van der Waals surface area contributed by atoms with Gasteiger partial charge in [0.2, 0.25) is 11.8 Å². The number of amides is 2. The van der Waals surface area contributed by atoms with Crippen LogP contribution in [0.4, 0.5) is 11.4 Å². The number of hydrogen-bond acceptors (Lipinski definition) is 5. The number of piperidine rings is 1. The average molecular weight is 439 g/mol. The van der Waals surface area contributed by atoms with Crippen LogP contribution in [0.25, 0.3) is 0 Å². The fourth-order valence-electron chi connectivity index (χ4n) is 5.41. The molecule has 0 bridgehead atoms. The van der Waals surface area contributed by atoms with Gasteiger partial charge in [-0.3, -0.25) is 18.7 Å². The number of benzene rings is 2. The highest BCUT2D eigenvalue weighted by molar-refractivity contribution is 7.79. The van der Waals surface area contributed by atoms with Crippen molar-refractivity contribution in [3.63, 3.8) is 0 Å². The lowest BCUT2D eigenvalue weighted by Crippen LogP contribution is -2.52. The molecule has 7 nitrogen and oxygen atoms in total. The molecule has 31 heavy (non-hydrogen) atoms. The van der Waals surface area contributed by atoms with Crippen LogP contribution >= 0.6 is 0 Å². The molecule has 1 spiro atoms. The second kappa shape index (κ2) is 7.55. The van der Waals surface area contributed by atoms with Crippen LogP contribution in [0, 0.1) is 0 Å². The standard InChI is InChI=1S/C23H25N3O4S/c1-24-19-5-3-2-4-18(19)23(22(24)28)11-14-25(15-12-23)20-10-13-26(21(20)27)16-6-8-17(9-7-16)31(29)30/h2-9,20H,10-15H2,1H3,(H,29,30)/p-1/t20-/m0/s1. The van der Waals surface area contributed by atoms with E-state index >= 15 is 0 Å². The highest BCUT2D eigenvalue weighted by Gasteiger charge is 2.52.